The second kappa shape index (κ2) is 5.72. The number of hydrogen-bond donors (Lipinski definition) is 1. The van der Waals surface area contributed by atoms with Crippen LogP contribution in [-0.2, 0) is 24.1 Å². The maximum Gasteiger partial charge on any atom is 0.408 e. The van der Waals surface area contributed by atoms with Crippen LogP contribution < -0.4 is 5.32 Å². The van der Waals surface area contributed by atoms with Crippen LogP contribution in [0.2, 0.25) is 0 Å². The molecule has 0 radical (unpaired) electrons. The molecule has 1 aromatic carbocycles. The van der Waals surface area contributed by atoms with Crippen LogP contribution in [0.4, 0.5) is 4.79 Å². The molecule has 7 nitrogen and oxygen atoms in total. The van der Waals surface area contributed by atoms with E-state index in [1.165, 1.54) is 24.3 Å². The Labute approximate surface area is 122 Å². The summed E-state index contributed by atoms with van der Waals surface area (Å²) in [6.45, 7) is 1.84. The number of rotatable bonds is 4. The van der Waals surface area contributed by atoms with Gasteiger partial charge in [0.1, 0.15) is 0 Å². The lowest BCUT2D eigenvalue weighted by Gasteiger charge is -2.16. The van der Waals surface area contributed by atoms with E-state index in [9.17, 15) is 18.0 Å². The zero-order valence-electron chi connectivity index (χ0n) is 11.5. The number of sulfone groups is 1. The van der Waals surface area contributed by atoms with Gasteiger partial charge in [-0.3, -0.25) is 0 Å². The van der Waals surface area contributed by atoms with Gasteiger partial charge >= 0.3 is 12.1 Å². The van der Waals surface area contributed by atoms with E-state index >= 15 is 0 Å². The van der Waals surface area contributed by atoms with Gasteiger partial charge in [0, 0.05) is 6.26 Å². The smallest absolute Gasteiger partial charge is 0.408 e. The number of cyclic esters (lactones) is 1. The Balaban J connectivity index is 2.27. The summed E-state index contributed by atoms with van der Waals surface area (Å²) in [7, 11) is -3.31. The van der Waals surface area contributed by atoms with Crippen molar-refractivity contribution in [2.45, 2.75) is 24.0 Å². The van der Waals surface area contributed by atoms with Crippen LogP contribution in [0.15, 0.2) is 29.2 Å². The van der Waals surface area contributed by atoms with Gasteiger partial charge in [-0.15, -0.1) is 0 Å². The molecular formula is C13H15NO6S. The lowest BCUT2D eigenvalue weighted by molar-refractivity contribution is -0.146. The summed E-state index contributed by atoms with van der Waals surface area (Å²) < 4.78 is 32.7. The van der Waals surface area contributed by atoms with Crippen LogP contribution in [0.5, 0.6) is 0 Å². The van der Waals surface area contributed by atoms with Crippen molar-refractivity contribution in [2.24, 2.45) is 0 Å². The van der Waals surface area contributed by atoms with Crippen LogP contribution in [0.3, 0.4) is 0 Å². The number of esters is 1. The fourth-order valence-corrected chi connectivity index (χ4v) is 2.63. The minimum absolute atomic E-state index is 0.149. The number of benzene rings is 1. The molecule has 2 rings (SSSR count). The number of carbonyl (C=O) groups is 2. The molecule has 114 valence electrons. The molecule has 1 saturated heterocycles. The third kappa shape index (κ3) is 3.33. The van der Waals surface area contributed by atoms with Crippen molar-refractivity contribution in [1.29, 1.82) is 0 Å². The molecule has 1 aliphatic rings. The molecule has 21 heavy (non-hydrogen) atoms. The van der Waals surface area contributed by atoms with Gasteiger partial charge in [-0.25, -0.2) is 18.0 Å². The number of amides is 1. The summed E-state index contributed by atoms with van der Waals surface area (Å²) in [6.07, 6.45) is -0.462. The summed E-state index contributed by atoms with van der Waals surface area (Å²) in [6, 6.07) is 4.88. The van der Waals surface area contributed by atoms with Crippen LogP contribution in [-0.4, -0.2) is 39.4 Å². The number of ether oxygens (including phenoxy) is 2. The molecule has 0 aliphatic carbocycles. The van der Waals surface area contributed by atoms with Gasteiger partial charge in [0.15, 0.2) is 22.0 Å². The first-order valence-corrected chi connectivity index (χ1v) is 8.16. The lowest BCUT2D eigenvalue weighted by Crippen LogP contribution is -2.37. The molecule has 1 amide bonds. The Morgan fingerprint density at radius 3 is 2.48 bits per heavy atom. The van der Waals surface area contributed by atoms with Gasteiger partial charge < -0.3 is 14.8 Å². The van der Waals surface area contributed by atoms with E-state index in [2.05, 4.69) is 5.32 Å². The second-order valence-electron chi connectivity index (χ2n) is 4.54. The zero-order valence-corrected chi connectivity index (χ0v) is 12.3. The second-order valence-corrected chi connectivity index (χ2v) is 6.56. The van der Waals surface area contributed by atoms with E-state index in [0.29, 0.717) is 5.56 Å². The summed E-state index contributed by atoms with van der Waals surface area (Å²) in [5.74, 6) is -0.597. The normalized spacial score (nSPS) is 21.5. The Morgan fingerprint density at radius 2 is 1.95 bits per heavy atom. The number of carbonyl (C=O) groups excluding carboxylic acids is 2. The highest BCUT2D eigenvalue weighted by atomic mass is 32.2. The number of nitrogens with one attached hydrogen (secondary N) is 1. The van der Waals surface area contributed by atoms with Crippen molar-refractivity contribution in [1.82, 2.24) is 5.32 Å². The van der Waals surface area contributed by atoms with Crippen LogP contribution >= 0.6 is 0 Å². The van der Waals surface area contributed by atoms with Crippen molar-refractivity contribution >= 4 is 21.9 Å². The molecule has 0 spiro atoms. The average Bonchev–Trinajstić information content (AvgIpc) is 2.80. The number of hydrogen-bond acceptors (Lipinski definition) is 6. The minimum atomic E-state index is -3.31. The largest absolute Gasteiger partial charge is 0.464 e. The Bertz CT molecular complexity index is 652. The molecule has 0 saturated carbocycles. The molecule has 2 atom stereocenters. The molecule has 8 heteroatoms. The fourth-order valence-electron chi connectivity index (χ4n) is 2.00. The molecule has 0 bridgehead atoms. The zero-order chi connectivity index (χ0) is 15.6. The van der Waals surface area contributed by atoms with Crippen molar-refractivity contribution in [3.63, 3.8) is 0 Å². The molecule has 0 aromatic heterocycles. The highest BCUT2D eigenvalue weighted by Gasteiger charge is 2.41. The quantitative estimate of drug-likeness (QED) is 0.826. The first-order chi connectivity index (χ1) is 9.82. The van der Waals surface area contributed by atoms with Crippen LogP contribution in [0.25, 0.3) is 0 Å². The van der Waals surface area contributed by atoms with Crippen LogP contribution in [0, 0.1) is 0 Å². The summed E-state index contributed by atoms with van der Waals surface area (Å²) >= 11 is 0. The Morgan fingerprint density at radius 1 is 1.33 bits per heavy atom. The summed E-state index contributed by atoms with van der Waals surface area (Å²) in [4.78, 5) is 23.3. The predicted octanol–water partition coefficient (Wildman–Crippen LogP) is 0.803. The van der Waals surface area contributed by atoms with Gasteiger partial charge in [-0.1, -0.05) is 12.1 Å². The highest BCUT2D eigenvalue weighted by Crippen LogP contribution is 2.28. The standard InChI is InChI=1S/C13H15NO6S/c1-3-19-12(15)10-11(20-13(16)14-10)8-4-6-9(7-5-8)21(2,17)18/h4-7,10-11H,3H2,1-2H3,(H,14,16). The topological polar surface area (TPSA) is 98.8 Å². The highest BCUT2D eigenvalue weighted by molar-refractivity contribution is 7.90. The van der Waals surface area contributed by atoms with Crippen molar-refractivity contribution in [2.75, 3.05) is 12.9 Å². The molecule has 1 fully saturated rings. The minimum Gasteiger partial charge on any atom is -0.464 e. The SMILES string of the molecule is CCOC(=O)C1NC(=O)OC1c1ccc(S(C)(=O)=O)cc1. The van der Waals surface area contributed by atoms with Crippen molar-refractivity contribution in [3.05, 3.63) is 29.8 Å². The Hall–Kier alpha value is -2.09. The first kappa shape index (κ1) is 15.3. The predicted molar refractivity (Wildman–Crippen MR) is 72.3 cm³/mol. The third-order valence-electron chi connectivity index (χ3n) is 2.99. The molecule has 2 unspecified atom stereocenters. The monoisotopic (exact) mass is 313 g/mol. The van der Waals surface area contributed by atoms with E-state index in [1.807, 2.05) is 0 Å². The van der Waals surface area contributed by atoms with E-state index in [4.69, 9.17) is 9.47 Å². The van der Waals surface area contributed by atoms with Gasteiger partial charge in [0.2, 0.25) is 0 Å². The van der Waals surface area contributed by atoms with E-state index < -0.39 is 34.0 Å². The number of alkyl carbamates (subject to hydrolysis) is 1. The van der Waals surface area contributed by atoms with E-state index in [0.717, 1.165) is 6.26 Å². The van der Waals surface area contributed by atoms with Crippen molar-refractivity contribution in [3.8, 4) is 0 Å². The van der Waals surface area contributed by atoms with Gasteiger partial charge in [-0.05, 0) is 24.6 Å². The Kier molecular flexibility index (Phi) is 4.17. The maximum atomic E-state index is 11.8. The maximum absolute atomic E-state index is 11.8. The van der Waals surface area contributed by atoms with E-state index in [1.54, 1.807) is 6.92 Å². The molecule has 1 aliphatic heterocycles. The van der Waals surface area contributed by atoms with Crippen molar-refractivity contribution < 1.29 is 27.5 Å². The molecular weight excluding hydrogens is 298 g/mol. The van der Waals surface area contributed by atoms with E-state index in [-0.39, 0.29) is 11.5 Å². The molecule has 1 N–H and O–H groups in total. The summed E-state index contributed by atoms with van der Waals surface area (Å²) in [5.41, 5.74) is 0.513. The first-order valence-electron chi connectivity index (χ1n) is 6.26. The van der Waals surface area contributed by atoms with Gasteiger partial charge in [0.05, 0.1) is 11.5 Å². The molecule has 1 heterocycles. The summed E-state index contributed by atoms with van der Waals surface area (Å²) in [5, 5.41) is 2.38. The van der Waals surface area contributed by atoms with Gasteiger partial charge in [-0.2, -0.15) is 0 Å². The lowest BCUT2D eigenvalue weighted by atomic mass is 10.0. The average molecular weight is 313 g/mol. The van der Waals surface area contributed by atoms with Crippen LogP contribution in [0.1, 0.15) is 18.6 Å². The third-order valence-corrected chi connectivity index (χ3v) is 4.12. The van der Waals surface area contributed by atoms with Gasteiger partial charge in [0.25, 0.3) is 0 Å². The fraction of sp³-hybridized carbons (Fsp3) is 0.385. The molecule has 1 aromatic rings.